The molecule has 1 amide bonds. The summed E-state index contributed by atoms with van der Waals surface area (Å²) in [6.07, 6.45) is 0.794. The number of hydrogen-bond donors (Lipinski definition) is 2. The summed E-state index contributed by atoms with van der Waals surface area (Å²) in [6.45, 7) is 3.08. The van der Waals surface area contributed by atoms with Gasteiger partial charge in [-0.1, -0.05) is 24.4 Å². The average molecular weight is 309 g/mol. The topological polar surface area (TPSA) is 67.6 Å². The third-order valence-electron chi connectivity index (χ3n) is 3.33. The van der Waals surface area contributed by atoms with Gasteiger partial charge < -0.3 is 20.7 Å². The van der Waals surface area contributed by atoms with Gasteiger partial charge in [-0.05, 0) is 25.5 Å². The van der Waals surface area contributed by atoms with Crippen molar-refractivity contribution in [1.29, 1.82) is 0 Å². The quantitative estimate of drug-likeness (QED) is 0.560. The fraction of sp³-hybridized carbons (Fsp3) is 0.467. The van der Waals surface area contributed by atoms with Crippen molar-refractivity contribution >= 4 is 28.8 Å². The van der Waals surface area contributed by atoms with Gasteiger partial charge in [0.15, 0.2) is 0 Å². The Kier molecular flexibility index (Phi) is 7.11. The van der Waals surface area contributed by atoms with Crippen LogP contribution in [0.25, 0.3) is 0 Å². The molecule has 5 nitrogen and oxygen atoms in total. The maximum atomic E-state index is 12.1. The molecule has 1 aromatic rings. The predicted octanol–water partition coefficient (Wildman–Crippen LogP) is 1.30. The highest BCUT2D eigenvalue weighted by atomic mass is 32.1. The molecule has 116 valence electrons. The van der Waals surface area contributed by atoms with E-state index in [4.69, 9.17) is 22.7 Å². The van der Waals surface area contributed by atoms with Crippen molar-refractivity contribution in [3.05, 3.63) is 29.8 Å². The molecule has 1 aromatic carbocycles. The van der Waals surface area contributed by atoms with Crippen LogP contribution in [0.3, 0.4) is 0 Å². The van der Waals surface area contributed by atoms with Crippen LogP contribution >= 0.6 is 12.2 Å². The van der Waals surface area contributed by atoms with Crippen LogP contribution in [0.4, 0.5) is 5.69 Å². The van der Waals surface area contributed by atoms with Gasteiger partial charge >= 0.3 is 0 Å². The summed E-state index contributed by atoms with van der Waals surface area (Å²) in [7, 11) is 3.50. The molecule has 0 radical (unpaired) electrons. The number of anilines is 1. The van der Waals surface area contributed by atoms with E-state index in [1.54, 1.807) is 7.11 Å². The Morgan fingerprint density at radius 3 is 2.76 bits per heavy atom. The second kappa shape index (κ2) is 8.59. The van der Waals surface area contributed by atoms with Crippen LogP contribution in [0.5, 0.6) is 0 Å². The van der Waals surface area contributed by atoms with Crippen LogP contribution in [0.1, 0.15) is 18.9 Å². The van der Waals surface area contributed by atoms with E-state index >= 15 is 0 Å². The Morgan fingerprint density at radius 1 is 1.48 bits per heavy atom. The number of likely N-dealkylation sites (N-methyl/N-ethyl adjacent to an activating group) is 1. The second-order valence-corrected chi connectivity index (χ2v) is 5.25. The van der Waals surface area contributed by atoms with Crippen molar-refractivity contribution in [2.75, 3.05) is 32.2 Å². The van der Waals surface area contributed by atoms with Crippen LogP contribution in [0.15, 0.2) is 24.3 Å². The van der Waals surface area contributed by atoms with E-state index in [2.05, 4.69) is 5.32 Å². The molecule has 0 fully saturated rings. The Labute approximate surface area is 131 Å². The van der Waals surface area contributed by atoms with Crippen LogP contribution < -0.4 is 16.0 Å². The van der Waals surface area contributed by atoms with Crippen molar-refractivity contribution in [2.45, 2.75) is 19.4 Å². The summed E-state index contributed by atoms with van der Waals surface area (Å²) >= 11 is 5.06. The standard InChI is InChI=1S/C15H23N3O2S/c1-11(15(19)17-9-6-10-20-3)18(2)13-8-5-4-7-12(13)14(16)21/h4-5,7-8,11H,6,9-10H2,1-3H3,(H2,16,21)(H,17,19). The Balaban J connectivity index is 2.71. The summed E-state index contributed by atoms with van der Waals surface area (Å²) in [4.78, 5) is 14.3. The van der Waals surface area contributed by atoms with E-state index < -0.39 is 0 Å². The number of nitrogens with zero attached hydrogens (tertiary/aromatic N) is 1. The van der Waals surface area contributed by atoms with E-state index in [9.17, 15) is 4.79 Å². The maximum absolute atomic E-state index is 12.1. The van der Waals surface area contributed by atoms with E-state index in [0.29, 0.717) is 18.1 Å². The highest BCUT2D eigenvalue weighted by Gasteiger charge is 2.20. The fourth-order valence-corrected chi connectivity index (χ4v) is 2.12. The predicted molar refractivity (Wildman–Crippen MR) is 89.7 cm³/mol. The molecule has 0 spiro atoms. The van der Waals surface area contributed by atoms with Gasteiger partial charge in [0, 0.05) is 38.6 Å². The molecular weight excluding hydrogens is 286 g/mol. The summed E-state index contributed by atoms with van der Waals surface area (Å²) in [5.41, 5.74) is 7.36. The number of para-hydroxylation sites is 1. The first-order valence-electron chi connectivity index (χ1n) is 6.87. The van der Waals surface area contributed by atoms with Gasteiger partial charge in [-0.3, -0.25) is 4.79 Å². The zero-order chi connectivity index (χ0) is 15.8. The van der Waals surface area contributed by atoms with E-state index in [1.807, 2.05) is 43.1 Å². The zero-order valence-corrected chi connectivity index (χ0v) is 13.6. The highest BCUT2D eigenvalue weighted by molar-refractivity contribution is 7.80. The average Bonchev–Trinajstić information content (AvgIpc) is 2.49. The van der Waals surface area contributed by atoms with Gasteiger partial charge in [0.1, 0.15) is 11.0 Å². The molecule has 1 rings (SSSR count). The van der Waals surface area contributed by atoms with Crippen molar-refractivity contribution in [1.82, 2.24) is 5.32 Å². The minimum atomic E-state index is -0.317. The SMILES string of the molecule is COCCCNC(=O)C(C)N(C)c1ccccc1C(N)=S. The normalized spacial score (nSPS) is 11.8. The first kappa shape index (κ1) is 17.4. The Hall–Kier alpha value is -1.66. The lowest BCUT2D eigenvalue weighted by Crippen LogP contribution is -2.44. The van der Waals surface area contributed by atoms with E-state index in [-0.39, 0.29) is 11.9 Å². The van der Waals surface area contributed by atoms with Gasteiger partial charge in [-0.2, -0.15) is 0 Å². The van der Waals surface area contributed by atoms with Gasteiger partial charge in [0.05, 0.1) is 0 Å². The molecule has 3 N–H and O–H groups in total. The Morgan fingerprint density at radius 2 is 2.14 bits per heavy atom. The van der Waals surface area contributed by atoms with Crippen LogP contribution in [0.2, 0.25) is 0 Å². The molecule has 0 aliphatic carbocycles. The zero-order valence-electron chi connectivity index (χ0n) is 12.8. The number of carbonyl (C=O) groups excluding carboxylic acids is 1. The number of ether oxygens (including phenoxy) is 1. The molecule has 6 heteroatoms. The molecule has 21 heavy (non-hydrogen) atoms. The minimum absolute atomic E-state index is 0.0358. The maximum Gasteiger partial charge on any atom is 0.242 e. The molecule has 1 unspecified atom stereocenters. The molecule has 0 aliphatic rings. The van der Waals surface area contributed by atoms with Crippen molar-refractivity contribution in [3.63, 3.8) is 0 Å². The van der Waals surface area contributed by atoms with Gasteiger partial charge in [0.2, 0.25) is 5.91 Å². The molecule has 0 aromatic heterocycles. The minimum Gasteiger partial charge on any atom is -0.389 e. The number of nitrogens with one attached hydrogen (secondary N) is 1. The summed E-state index contributed by atoms with van der Waals surface area (Å²) in [6, 6.07) is 7.22. The molecule has 0 aliphatic heterocycles. The number of methoxy groups -OCH3 is 1. The second-order valence-electron chi connectivity index (χ2n) is 4.81. The lowest BCUT2D eigenvalue weighted by molar-refractivity contribution is -0.122. The van der Waals surface area contributed by atoms with Crippen molar-refractivity contribution in [3.8, 4) is 0 Å². The first-order valence-corrected chi connectivity index (χ1v) is 7.28. The molecule has 0 saturated heterocycles. The van der Waals surface area contributed by atoms with E-state index in [0.717, 1.165) is 17.7 Å². The number of hydrogen-bond acceptors (Lipinski definition) is 4. The molecule has 1 atom stereocenters. The molecule has 0 saturated carbocycles. The highest BCUT2D eigenvalue weighted by Crippen LogP contribution is 2.21. The summed E-state index contributed by atoms with van der Waals surface area (Å²) < 4.78 is 4.95. The lowest BCUT2D eigenvalue weighted by atomic mass is 10.1. The van der Waals surface area contributed by atoms with Crippen molar-refractivity contribution < 1.29 is 9.53 Å². The van der Waals surface area contributed by atoms with Gasteiger partial charge in [0.25, 0.3) is 0 Å². The third kappa shape index (κ3) is 4.99. The van der Waals surface area contributed by atoms with E-state index in [1.165, 1.54) is 0 Å². The fourth-order valence-electron chi connectivity index (χ4n) is 1.95. The number of benzene rings is 1. The van der Waals surface area contributed by atoms with Crippen molar-refractivity contribution in [2.24, 2.45) is 5.73 Å². The molecule has 0 bridgehead atoms. The van der Waals surface area contributed by atoms with Crippen LogP contribution in [0, 0.1) is 0 Å². The van der Waals surface area contributed by atoms with Gasteiger partial charge in [-0.25, -0.2) is 0 Å². The lowest BCUT2D eigenvalue weighted by Gasteiger charge is -2.28. The smallest absolute Gasteiger partial charge is 0.242 e. The molecular formula is C15H23N3O2S. The number of nitrogens with two attached hydrogens (primary N) is 1. The largest absolute Gasteiger partial charge is 0.389 e. The van der Waals surface area contributed by atoms with Gasteiger partial charge in [-0.15, -0.1) is 0 Å². The third-order valence-corrected chi connectivity index (χ3v) is 3.55. The number of thiocarbonyl (C=S) groups is 1. The van der Waals surface area contributed by atoms with Crippen LogP contribution in [-0.2, 0) is 9.53 Å². The summed E-state index contributed by atoms with van der Waals surface area (Å²) in [5.74, 6) is -0.0358. The van der Waals surface area contributed by atoms with Crippen LogP contribution in [-0.4, -0.2) is 44.2 Å². The number of rotatable bonds is 8. The summed E-state index contributed by atoms with van der Waals surface area (Å²) in [5, 5.41) is 2.89. The molecule has 0 heterocycles. The monoisotopic (exact) mass is 309 g/mol. The first-order chi connectivity index (χ1) is 9.99. The Bertz CT molecular complexity index is 494. The number of carbonyl (C=O) groups is 1. The number of amides is 1.